The molecule has 9 heteroatoms. The highest BCUT2D eigenvalue weighted by Gasteiger charge is 2.32. The highest BCUT2D eigenvalue weighted by Crippen LogP contribution is 2.24. The number of anilines is 1. The molecule has 0 aliphatic carbocycles. The van der Waals surface area contributed by atoms with Crippen LogP contribution in [0.1, 0.15) is 38.3 Å². The van der Waals surface area contributed by atoms with Crippen molar-refractivity contribution >= 4 is 27.5 Å². The van der Waals surface area contributed by atoms with Gasteiger partial charge >= 0.3 is 0 Å². The summed E-state index contributed by atoms with van der Waals surface area (Å²) < 4.78 is 39.8. The van der Waals surface area contributed by atoms with Gasteiger partial charge in [-0.1, -0.05) is 44.2 Å². The van der Waals surface area contributed by atoms with Crippen LogP contribution in [0.15, 0.2) is 48.5 Å². The number of carbonyl (C=O) groups excluding carboxylic acids is 2. The number of carbonyl (C=O) groups is 2. The molecule has 1 atom stereocenters. The highest BCUT2D eigenvalue weighted by atomic mass is 32.2. The standard InChI is InChI=1S/C24H32FN3O4S/c1-5-19-10-8-9-11-22(19)28(33(4,31)32)17-23(29)27(21(6-2)24(30)26-7-3)16-18-12-14-20(25)15-13-18/h8-15,21H,5-7,16-17H2,1-4H3,(H,26,30)/t21-/m1/s1. The molecule has 0 aromatic heterocycles. The lowest BCUT2D eigenvalue weighted by Crippen LogP contribution is -2.52. The molecule has 2 aromatic rings. The molecule has 33 heavy (non-hydrogen) atoms. The molecular weight excluding hydrogens is 445 g/mol. The van der Waals surface area contributed by atoms with Crippen molar-refractivity contribution in [2.45, 2.75) is 46.2 Å². The Bertz CT molecular complexity index is 1060. The van der Waals surface area contributed by atoms with Crippen molar-refractivity contribution in [3.05, 3.63) is 65.5 Å². The summed E-state index contributed by atoms with van der Waals surface area (Å²) in [4.78, 5) is 27.6. The molecule has 0 saturated carbocycles. The van der Waals surface area contributed by atoms with E-state index in [9.17, 15) is 22.4 Å². The van der Waals surface area contributed by atoms with Crippen molar-refractivity contribution in [3.8, 4) is 0 Å². The number of halogens is 1. The molecular formula is C24H32FN3O4S. The van der Waals surface area contributed by atoms with Gasteiger partial charge in [0.05, 0.1) is 11.9 Å². The fourth-order valence-electron chi connectivity index (χ4n) is 3.65. The molecule has 0 aliphatic heterocycles. The van der Waals surface area contributed by atoms with E-state index >= 15 is 0 Å². The van der Waals surface area contributed by atoms with E-state index in [1.807, 2.05) is 19.1 Å². The summed E-state index contributed by atoms with van der Waals surface area (Å²) in [5.41, 5.74) is 1.85. The zero-order chi connectivity index (χ0) is 24.6. The summed E-state index contributed by atoms with van der Waals surface area (Å²) in [6.45, 7) is 5.46. The third-order valence-electron chi connectivity index (χ3n) is 5.32. The molecule has 0 aliphatic rings. The smallest absolute Gasteiger partial charge is 0.244 e. The van der Waals surface area contributed by atoms with Gasteiger partial charge in [-0.25, -0.2) is 12.8 Å². The predicted molar refractivity (Wildman–Crippen MR) is 128 cm³/mol. The maximum Gasteiger partial charge on any atom is 0.244 e. The van der Waals surface area contributed by atoms with Gasteiger partial charge in [0.1, 0.15) is 18.4 Å². The maximum absolute atomic E-state index is 13.5. The topological polar surface area (TPSA) is 86.8 Å². The summed E-state index contributed by atoms with van der Waals surface area (Å²) in [5.74, 6) is -1.25. The molecule has 2 amide bonds. The van der Waals surface area contributed by atoms with Crippen molar-refractivity contribution in [3.63, 3.8) is 0 Å². The van der Waals surface area contributed by atoms with Gasteiger partial charge in [-0.2, -0.15) is 0 Å². The first-order chi connectivity index (χ1) is 15.6. The van der Waals surface area contributed by atoms with E-state index in [2.05, 4.69) is 5.32 Å². The number of sulfonamides is 1. The zero-order valence-corrected chi connectivity index (χ0v) is 20.4. The van der Waals surface area contributed by atoms with Crippen LogP contribution in [-0.4, -0.2) is 50.5 Å². The Morgan fingerprint density at radius 2 is 1.67 bits per heavy atom. The Labute approximate surface area is 195 Å². The number of nitrogens with one attached hydrogen (secondary N) is 1. The molecule has 180 valence electrons. The minimum atomic E-state index is -3.78. The second-order valence-electron chi connectivity index (χ2n) is 7.72. The number of hydrogen-bond donors (Lipinski definition) is 1. The van der Waals surface area contributed by atoms with Crippen molar-refractivity contribution in [2.24, 2.45) is 0 Å². The molecule has 2 aromatic carbocycles. The van der Waals surface area contributed by atoms with Crippen molar-refractivity contribution in [2.75, 3.05) is 23.7 Å². The first-order valence-electron chi connectivity index (χ1n) is 11.0. The van der Waals surface area contributed by atoms with Gasteiger partial charge in [0.15, 0.2) is 0 Å². The average molecular weight is 478 g/mol. The lowest BCUT2D eigenvalue weighted by Gasteiger charge is -2.33. The second kappa shape index (κ2) is 11.8. The first kappa shape index (κ1) is 26.3. The number of nitrogens with zero attached hydrogens (tertiary/aromatic N) is 2. The lowest BCUT2D eigenvalue weighted by molar-refractivity contribution is -0.140. The Morgan fingerprint density at radius 1 is 1.03 bits per heavy atom. The van der Waals surface area contributed by atoms with Gasteiger partial charge in [0.25, 0.3) is 0 Å². The quantitative estimate of drug-likeness (QED) is 0.539. The van der Waals surface area contributed by atoms with Gasteiger partial charge in [-0.15, -0.1) is 0 Å². The number of amides is 2. The minimum absolute atomic E-state index is 0.0434. The third-order valence-corrected chi connectivity index (χ3v) is 6.45. The maximum atomic E-state index is 13.5. The van der Waals surface area contributed by atoms with Gasteiger partial charge in [-0.3, -0.25) is 13.9 Å². The number of rotatable bonds is 11. The van der Waals surface area contributed by atoms with Crippen molar-refractivity contribution in [1.82, 2.24) is 10.2 Å². The van der Waals surface area contributed by atoms with E-state index in [-0.39, 0.29) is 12.5 Å². The SMILES string of the molecule is CCNC(=O)[C@@H](CC)N(Cc1ccc(F)cc1)C(=O)CN(c1ccccc1CC)S(C)(=O)=O. The van der Waals surface area contributed by atoms with E-state index in [0.717, 1.165) is 16.1 Å². The summed E-state index contributed by atoms with van der Waals surface area (Å²) in [5, 5.41) is 2.74. The fraction of sp³-hybridized carbons (Fsp3) is 0.417. The van der Waals surface area contributed by atoms with Crippen LogP contribution in [0.5, 0.6) is 0 Å². The monoisotopic (exact) mass is 477 g/mol. The van der Waals surface area contributed by atoms with E-state index in [1.165, 1.54) is 17.0 Å². The van der Waals surface area contributed by atoms with E-state index < -0.39 is 34.3 Å². The van der Waals surface area contributed by atoms with Crippen LogP contribution in [0.4, 0.5) is 10.1 Å². The first-order valence-corrected chi connectivity index (χ1v) is 12.8. The molecule has 2 rings (SSSR count). The fourth-order valence-corrected chi connectivity index (χ4v) is 4.53. The second-order valence-corrected chi connectivity index (χ2v) is 9.63. The lowest BCUT2D eigenvalue weighted by atomic mass is 10.1. The largest absolute Gasteiger partial charge is 0.355 e. The zero-order valence-electron chi connectivity index (χ0n) is 19.5. The Balaban J connectivity index is 2.46. The molecule has 0 radical (unpaired) electrons. The van der Waals surface area contributed by atoms with Gasteiger partial charge in [0.2, 0.25) is 21.8 Å². The van der Waals surface area contributed by atoms with Crippen LogP contribution < -0.4 is 9.62 Å². The van der Waals surface area contributed by atoms with Crippen molar-refractivity contribution in [1.29, 1.82) is 0 Å². The summed E-state index contributed by atoms with van der Waals surface area (Å²) >= 11 is 0. The Morgan fingerprint density at radius 3 is 2.21 bits per heavy atom. The van der Waals surface area contributed by atoms with Crippen molar-refractivity contribution < 1.29 is 22.4 Å². The average Bonchev–Trinajstić information content (AvgIpc) is 2.78. The van der Waals surface area contributed by atoms with Crippen LogP contribution in [0.25, 0.3) is 0 Å². The summed E-state index contributed by atoms with van der Waals surface area (Å²) in [6.07, 6.45) is 1.98. The molecule has 7 nitrogen and oxygen atoms in total. The molecule has 0 heterocycles. The summed E-state index contributed by atoms with van der Waals surface area (Å²) in [6, 6.07) is 11.9. The number of likely N-dealkylation sites (N-methyl/N-ethyl adjacent to an activating group) is 1. The molecule has 0 saturated heterocycles. The van der Waals surface area contributed by atoms with E-state index in [4.69, 9.17) is 0 Å². The Kier molecular flexibility index (Phi) is 9.40. The molecule has 1 N–H and O–H groups in total. The number of aryl methyl sites for hydroxylation is 1. The molecule has 0 spiro atoms. The number of benzene rings is 2. The number of hydrogen-bond acceptors (Lipinski definition) is 4. The van der Waals surface area contributed by atoms with Crippen LogP contribution in [0, 0.1) is 5.82 Å². The van der Waals surface area contributed by atoms with E-state index in [1.54, 1.807) is 38.1 Å². The van der Waals surface area contributed by atoms with Gasteiger partial charge in [0, 0.05) is 13.1 Å². The normalized spacial score (nSPS) is 12.2. The van der Waals surface area contributed by atoms with Crippen LogP contribution in [0.2, 0.25) is 0 Å². The van der Waals surface area contributed by atoms with E-state index in [0.29, 0.717) is 30.6 Å². The van der Waals surface area contributed by atoms with Crippen LogP contribution in [-0.2, 0) is 32.6 Å². The molecule has 0 bridgehead atoms. The molecule has 0 fully saturated rings. The number of para-hydroxylation sites is 1. The molecule has 0 unspecified atom stereocenters. The predicted octanol–water partition coefficient (Wildman–Crippen LogP) is 3.10. The minimum Gasteiger partial charge on any atom is -0.355 e. The van der Waals surface area contributed by atoms with Gasteiger partial charge in [-0.05, 0) is 49.1 Å². The third kappa shape index (κ3) is 7.02. The van der Waals surface area contributed by atoms with Crippen LogP contribution >= 0.6 is 0 Å². The highest BCUT2D eigenvalue weighted by molar-refractivity contribution is 7.92. The van der Waals surface area contributed by atoms with Gasteiger partial charge < -0.3 is 10.2 Å². The summed E-state index contributed by atoms with van der Waals surface area (Å²) in [7, 11) is -3.78. The Hall–Kier alpha value is -2.94. The van der Waals surface area contributed by atoms with Crippen LogP contribution in [0.3, 0.4) is 0 Å².